The molecule has 1 saturated heterocycles. The molecule has 4 aromatic heterocycles. The van der Waals surface area contributed by atoms with E-state index >= 15 is 0 Å². The zero-order valence-corrected chi connectivity index (χ0v) is 17.8. The van der Waals surface area contributed by atoms with E-state index in [4.69, 9.17) is 4.74 Å². The van der Waals surface area contributed by atoms with Gasteiger partial charge in [0.15, 0.2) is 11.5 Å². The Bertz CT molecular complexity index is 1280. The van der Waals surface area contributed by atoms with Crippen molar-refractivity contribution in [1.82, 2.24) is 29.7 Å². The Hall–Kier alpha value is -3.11. The Morgan fingerprint density at radius 3 is 2.77 bits per heavy atom. The Morgan fingerprint density at radius 2 is 2.10 bits per heavy atom. The van der Waals surface area contributed by atoms with Gasteiger partial charge >= 0.3 is 0 Å². The van der Waals surface area contributed by atoms with Crippen molar-refractivity contribution in [3.8, 4) is 17.2 Å². The van der Waals surface area contributed by atoms with Gasteiger partial charge in [0, 0.05) is 30.8 Å². The Labute approximate surface area is 179 Å². The summed E-state index contributed by atoms with van der Waals surface area (Å²) in [6, 6.07) is 7.69. The lowest BCUT2D eigenvalue weighted by Crippen LogP contribution is -2.34. The number of hydrogen-bond acceptors (Lipinski definition) is 7. The minimum atomic E-state index is -3.02. The van der Waals surface area contributed by atoms with Crippen LogP contribution in [0.2, 0.25) is 0 Å². The van der Waals surface area contributed by atoms with Gasteiger partial charge in [-0.2, -0.15) is 5.10 Å². The van der Waals surface area contributed by atoms with E-state index in [1.165, 1.54) is 6.26 Å². The summed E-state index contributed by atoms with van der Waals surface area (Å²) < 4.78 is 30.3. The predicted molar refractivity (Wildman–Crippen MR) is 116 cm³/mol. The molecule has 4 aromatic rings. The summed E-state index contributed by atoms with van der Waals surface area (Å²) in [6.07, 6.45) is 8.96. The summed E-state index contributed by atoms with van der Waals surface area (Å²) in [5.41, 5.74) is 3.39. The molecule has 0 spiro atoms. The molecule has 1 fully saturated rings. The number of aromatic amines is 1. The third-order valence-electron chi connectivity index (χ3n) is 5.58. The van der Waals surface area contributed by atoms with Gasteiger partial charge in [-0.15, -0.1) is 0 Å². The first-order valence-corrected chi connectivity index (χ1v) is 12.1. The summed E-state index contributed by atoms with van der Waals surface area (Å²) in [6.45, 7) is 1.32. The predicted octanol–water partition coefficient (Wildman–Crippen LogP) is 2.37. The van der Waals surface area contributed by atoms with Crippen molar-refractivity contribution in [2.75, 3.05) is 25.2 Å². The number of ether oxygens (including phenoxy) is 1. The molecule has 10 heteroatoms. The summed E-state index contributed by atoms with van der Waals surface area (Å²) >= 11 is 0. The van der Waals surface area contributed by atoms with Crippen LogP contribution in [-0.4, -0.2) is 63.4 Å². The SMILES string of the molecule is CS(=O)(=O)CCC(c1ccc(-n2cc(-c3nc4ncccc4[nH]3)cn2)nc1)C1COC1. The van der Waals surface area contributed by atoms with Gasteiger partial charge in [0.05, 0.1) is 36.2 Å². The molecule has 1 N–H and O–H groups in total. The molecule has 160 valence electrons. The molecule has 1 aliphatic heterocycles. The highest BCUT2D eigenvalue weighted by Gasteiger charge is 2.30. The molecule has 1 atom stereocenters. The van der Waals surface area contributed by atoms with E-state index in [0.29, 0.717) is 42.8 Å². The third-order valence-corrected chi connectivity index (χ3v) is 6.56. The number of imidazole rings is 1. The van der Waals surface area contributed by atoms with E-state index < -0.39 is 9.84 Å². The van der Waals surface area contributed by atoms with Crippen LogP contribution in [0.15, 0.2) is 49.1 Å². The molecule has 1 unspecified atom stereocenters. The second kappa shape index (κ2) is 7.86. The van der Waals surface area contributed by atoms with Gasteiger partial charge in [-0.1, -0.05) is 6.07 Å². The minimum Gasteiger partial charge on any atom is -0.381 e. The first kappa shape index (κ1) is 19.8. The fourth-order valence-corrected chi connectivity index (χ4v) is 4.49. The number of nitrogens with zero attached hydrogens (tertiary/aromatic N) is 5. The highest BCUT2D eigenvalue weighted by atomic mass is 32.2. The van der Waals surface area contributed by atoms with Gasteiger partial charge in [-0.05, 0) is 36.1 Å². The Morgan fingerprint density at radius 1 is 1.23 bits per heavy atom. The molecule has 31 heavy (non-hydrogen) atoms. The van der Waals surface area contributed by atoms with Crippen LogP contribution < -0.4 is 0 Å². The highest BCUT2D eigenvalue weighted by Crippen LogP contribution is 2.33. The van der Waals surface area contributed by atoms with Gasteiger partial charge in [-0.25, -0.2) is 28.1 Å². The second-order valence-corrected chi connectivity index (χ2v) is 10.2. The highest BCUT2D eigenvalue weighted by molar-refractivity contribution is 7.90. The molecule has 5 rings (SSSR count). The fraction of sp³-hybridized carbons (Fsp3) is 0.333. The van der Waals surface area contributed by atoms with E-state index in [2.05, 4.69) is 25.0 Å². The Balaban J connectivity index is 1.37. The standard InChI is InChI=1S/C21H22N6O3S/c1-31(28,29)8-6-17(16-12-30-13-16)14-4-5-19(23-9-14)27-11-15(10-24-27)20-25-18-3-2-7-22-21(18)26-20/h2-5,7,9-11,16-17H,6,8,12-13H2,1H3,(H,22,25,26). The van der Waals surface area contributed by atoms with Crippen LogP contribution in [0.5, 0.6) is 0 Å². The van der Waals surface area contributed by atoms with Crippen LogP contribution >= 0.6 is 0 Å². The normalized spacial score (nSPS) is 15.8. The molecule has 5 heterocycles. The topological polar surface area (TPSA) is 116 Å². The fourth-order valence-electron chi connectivity index (χ4n) is 3.81. The number of pyridine rings is 2. The van der Waals surface area contributed by atoms with Gasteiger partial charge in [0.2, 0.25) is 0 Å². The van der Waals surface area contributed by atoms with E-state index in [0.717, 1.165) is 16.6 Å². The third kappa shape index (κ3) is 4.21. The van der Waals surface area contributed by atoms with Crippen LogP contribution in [0.25, 0.3) is 28.4 Å². The lowest BCUT2D eigenvalue weighted by atomic mass is 9.83. The summed E-state index contributed by atoms with van der Waals surface area (Å²) in [7, 11) is -3.02. The molecule has 0 bridgehead atoms. The number of aromatic nitrogens is 6. The van der Waals surface area contributed by atoms with Crippen LogP contribution in [0.3, 0.4) is 0 Å². The van der Waals surface area contributed by atoms with Gasteiger partial charge in [-0.3, -0.25) is 0 Å². The molecule has 9 nitrogen and oxygen atoms in total. The first-order chi connectivity index (χ1) is 15.0. The maximum absolute atomic E-state index is 11.6. The average Bonchev–Trinajstić information content (AvgIpc) is 3.36. The lowest BCUT2D eigenvalue weighted by molar-refractivity contribution is -0.0455. The van der Waals surface area contributed by atoms with Crippen molar-refractivity contribution in [2.45, 2.75) is 12.3 Å². The number of rotatable bonds is 7. The van der Waals surface area contributed by atoms with Crippen molar-refractivity contribution in [1.29, 1.82) is 0 Å². The first-order valence-electron chi connectivity index (χ1n) is 10.0. The smallest absolute Gasteiger partial charge is 0.178 e. The quantitative estimate of drug-likeness (QED) is 0.471. The van der Waals surface area contributed by atoms with Crippen molar-refractivity contribution in [2.24, 2.45) is 5.92 Å². The van der Waals surface area contributed by atoms with E-state index in [-0.39, 0.29) is 11.7 Å². The molecule has 0 aromatic carbocycles. The summed E-state index contributed by atoms with van der Waals surface area (Å²) in [5, 5.41) is 4.41. The van der Waals surface area contributed by atoms with Gasteiger partial charge < -0.3 is 9.72 Å². The molecule has 1 aliphatic rings. The van der Waals surface area contributed by atoms with Crippen LogP contribution in [0.1, 0.15) is 17.9 Å². The second-order valence-electron chi connectivity index (χ2n) is 7.91. The van der Waals surface area contributed by atoms with Crippen molar-refractivity contribution >= 4 is 21.0 Å². The monoisotopic (exact) mass is 438 g/mol. The average molecular weight is 439 g/mol. The number of hydrogen-bond donors (Lipinski definition) is 1. The van der Waals surface area contributed by atoms with E-state index in [1.807, 2.05) is 36.7 Å². The van der Waals surface area contributed by atoms with Crippen LogP contribution in [0.4, 0.5) is 0 Å². The van der Waals surface area contributed by atoms with Crippen LogP contribution in [-0.2, 0) is 14.6 Å². The zero-order chi connectivity index (χ0) is 21.4. The number of nitrogens with one attached hydrogen (secondary N) is 1. The van der Waals surface area contributed by atoms with Gasteiger partial charge in [0.1, 0.15) is 15.7 Å². The van der Waals surface area contributed by atoms with Crippen molar-refractivity contribution in [3.05, 3.63) is 54.6 Å². The number of H-pyrrole nitrogens is 1. The molecule has 0 saturated carbocycles. The van der Waals surface area contributed by atoms with E-state index in [9.17, 15) is 8.42 Å². The minimum absolute atomic E-state index is 0.112. The lowest BCUT2D eigenvalue weighted by Gasteiger charge is -2.34. The Kier molecular flexibility index (Phi) is 5.03. The molecular formula is C21H22N6O3S. The maximum Gasteiger partial charge on any atom is 0.178 e. The largest absolute Gasteiger partial charge is 0.381 e. The summed E-state index contributed by atoms with van der Waals surface area (Å²) in [4.78, 5) is 16.6. The zero-order valence-electron chi connectivity index (χ0n) is 17.0. The molecule has 0 amide bonds. The maximum atomic E-state index is 11.6. The summed E-state index contributed by atoms with van der Waals surface area (Å²) in [5.74, 6) is 1.97. The number of fused-ring (bicyclic) bond motifs is 1. The van der Waals surface area contributed by atoms with Crippen molar-refractivity contribution < 1.29 is 13.2 Å². The molecule has 0 radical (unpaired) electrons. The number of sulfone groups is 1. The van der Waals surface area contributed by atoms with E-state index in [1.54, 1.807) is 17.1 Å². The molecule has 0 aliphatic carbocycles. The molecular weight excluding hydrogens is 416 g/mol. The van der Waals surface area contributed by atoms with Crippen molar-refractivity contribution in [3.63, 3.8) is 0 Å². The van der Waals surface area contributed by atoms with Crippen LogP contribution in [0, 0.1) is 5.92 Å². The van der Waals surface area contributed by atoms with Gasteiger partial charge in [0.25, 0.3) is 0 Å².